The van der Waals surface area contributed by atoms with Gasteiger partial charge >= 0.3 is 195 Å². The van der Waals surface area contributed by atoms with E-state index < -0.39 is 5.31 Å². The van der Waals surface area contributed by atoms with E-state index in [2.05, 4.69) is 51.9 Å². The average molecular weight is 513 g/mol. The molecule has 3 nitrogen and oxygen atoms in total. The van der Waals surface area contributed by atoms with Gasteiger partial charge in [0.05, 0.1) is 0 Å². The fourth-order valence-electron chi connectivity index (χ4n) is 4.05. The van der Waals surface area contributed by atoms with Crippen molar-refractivity contribution in [3.63, 3.8) is 0 Å². The van der Waals surface area contributed by atoms with Crippen molar-refractivity contribution >= 4 is 54.0 Å². The van der Waals surface area contributed by atoms with E-state index in [-0.39, 0.29) is 10.6 Å². The molecule has 0 saturated carbocycles. The Kier molecular flexibility index (Phi) is 5.98. The van der Waals surface area contributed by atoms with E-state index in [0.29, 0.717) is 11.2 Å². The van der Waals surface area contributed by atoms with Gasteiger partial charge in [-0.3, -0.25) is 0 Å². The summed E-state index contributed by atoms with van der Waals surface area (Å²) in [6.45, 7) is 0. The molecule has 4 aromatic rings. The van der Waals surface area contributed by atoms with Crippen LogP contribution < -0.4 is 15.9 Å². The van der Waals surface area contributed by atoms with Gasteiger partial charge in [-0.25, -0.2) is 0 Å². The minimum absolute atomic E-state index is 0.0335. The van der Waals surface area contributed by atoms with Crippen LogP contribution in [-0.2, 0) is 6.16 Å². The van der Waals surface area contributed by atoms with Crippen molar-refractivity contribution in [1.82, 2.24) is 0 Å². The van der Waals surface area contributed by atoms with Gasteiger partial charge in [0, 0.05) is 0 Å². The first-order valence-corrected chi connectivity index (χ1v) is 14.6. The Bertz CT molecular complexity index is 1120. The Morgan fingerprint density at radius 1 is 0.742 bits per heavy atom. The molecule has 0 heterocycles. The van der Waals surface area contributed by atoms with Crippen molar-refractivity contribution in [2.24, 2.45) is 0 Å². The third kappa shape index (κ3) is 3.80. The van der Waals surface area contributed by atoms with Gasteiger partial charge in [-0.15, -0.1) is 0 Å². The molecular formula is C25H20BrClNO2P. The summed E-state index contributed by atoms with van der Waals surface area (Å²) in [5.74, 6) is 0. The molecule has 0 N–H and O–H groups in total. The van der Waals surface area contributed by atoms with Gasteiger partial charge in [0.25, 0.3) is 0 Å². The molecule has 31 heavy (non-hydrogen) atoms. The van der Waals surface area contributed by atoms with Gasteiger partial charge < -0.3 is 0 Å². The molecule has 4 aromatic carbocycles. The molecule has 0 aliphatic carbocycles. The van der Waals surface area contributed by atoms with Crippen LogP contribution >= 0.6 is 32.4 Å². The van der Waals surface area contributed by atoms with Crippen molar-refractivity contribution < 1.29 is 4.92 Å². The SMILES string of the molecule is O=[N+]([O-])c1ccc(Cl)c(CP(Br)(c2ccccc2)(c2ccccc2)c2ccccc2)c1. The summed E-state index contributed by atoms with van der Waals surface area (Å²) in [4.78, 5) is 11.1. The average Bonchev–Trinajstić information content (AvgIpc) is 2.82. The van der Waals surface area contributed by atoms with Crippen LogP contribution in [0, 0.1) is 10.1 Å². The van der Waals surface area contributed by atoms with Crippen LogP contribution in [0.5, 0.6) is 0 Å². The second-order valence-electron chi connectivity index (χ2n) is 7.38. The van der Waals surface area contributed by atoms with Crippen LogP contribution in [0.2, 0.25) is 5.02 Å². The number of rotatable bonds is 6. The van der Waals surface area contributed by atoms with E-state index in [1.54, 1.807) is 12.1 Å². The third-order valence-electron chi connectivity index (χ3n) is 5.59. The van der Waals surface area contributed by atoms with Gasteiger partial charge in [0.15, 0.2) is 0 Å². The second-order valence-corrected chi connectivity index (χ2v) is 16.7. The number of benzene rings is 4. The molecule has 0 spiro atoms. The summed E-state index contributed by atoms with van der Waals surface area (Å²) < 4.78 is 0. The van der Waals surface area contributed by atoms with E-state index in [0.717, 1.165) is 21.5 Å². The molecule has 156 valence electrons. The first kappa shape index (κ1) is 21.7. The molecule has 0 radical (unpaired) electrons. The number of nitrogens with zero attached hydrogens (tertiary/aromatic N) is 1. The van der Waals surface area contributed by atoms with Crippen molar-refractivity contribution in [2.45, 2.75) is 6.16 Å². The Balaban J connectivity index is 2.09. The molecule has 0 saturated heterocycles. The van der Waals surface area contributed by atoms with Crippen LogP contribution in [0.25, 0.3) is 0 Å². The Morgan fingerprint density at radius 2 is 1.16 bits per heavy atom. The maximum absolute atomic E-state index is 11.5. The van der Waals surface area contributed by atoms with Crippen molar-refractivity contribution in [1.29, 1.82) is 0 Å². The zero-order chi connectivity index (χ0) is 21.9. The van der Waals surface area contributed by atoms with Gasteiger partial charge in [-0.05, 0) is 0 Å². The fraction of sp³-hybridized carbons (Fsp3) is 0.0400. The van der Waals surface area contributed by atoms with Crippen molar-refractivity contribution in [3.8, 4) is 0 Å². The summed E-state index contributed by atoms with van der Waals surface area (Å²) in [7, 11) is 0. The maximum atomic E-state index is 11.5. The Hall–Kier alpha value is -2.52. The molecule has 0 amide bonds. The van der Waals surface area contributed by atoms with E-state index >= 15 is 0 Å². The second kappa shape index (κ2) is 8.55. The molecule has 0 atom stereocenters. The summed E-state index contributed by atoms with van der Waals surface area (Å²) in [5.41, 5.74) is 0.771. The molecule has 0 aliphatic heterocycles. The quantitative estimate of drug-likeness (QED) is 0.166. The van der Waals surface area contributed by atoms with Crippen LogP contribution in [0.3, 0.4) is 0 Å². The van der Waals surface area contributed by atoms with Crippen molar-refractivity contribution in [3.05, 3.63) is 130 Å². The number of nitro benzene ring substituents is 1. The standard InChI is InChI=1S/C25H20BrClNO2P/c26-31(22-10-4-1-5-11-22,23-12-6-2-7-13-23,24-14-8-3-9-15-24)19-20-18-21(28(29)30)16-17-25(20)27/h1-18H,19H2. The van der Waals surface area contributed by atoms with Crippen LogP contribution in [-0.4, -0.2) is 4.92 Å². The van der Waals surface area contributed by atoms with E-state index in [4.69, 9.17) is 11.6 Å². The molecular weight excluding hydrogens is 493 g/mol. The van der Waals surface area contributed by atoms with Crippen LogP contribution in [0.4, 0.5) is 5.69 Å². The Labute approximate surface area is 194 Å². The molecule has 0 unspecified atom stereocenters. The summed E-state index contributed by atoms with van der Waals surface area (Å²) in [6.07, 6.45) is 0.504. The minimum atomic E-state index is -3.27. The number of nitro groups is 1. The van der Waals surface area contributed by atoms with Crippen LogP contribution in [0.1, 0.15) is 5.56 Å². The molecule has 0 aromatic heterocycles. The summed E-state index contributed by atoms with van der Waals surface area (Å²) in [5, 5.41) is 12.1. The summed E-state index contributed by atoms with van der Waals surface area (Å²) in [6, 6.07) is 35.5. The summed E-state index contributed by atoms with van der Waals surface area (Å²) >= 11 is 11.0. The number of non-ortho nitro benzene ring substituents is 1. The van der Waals surface area contributed by atoms with Gasteiger partial charge in [0.1, 0.15) is 0 Å². The zero-order valence-electron chi connectivity index (χ0n) is 16.6. The first-order chi connectivity index (χ1) is 14.9. The normalized spacial score (nSPS) is 12.6. The van der Waals surface area contributed by atoms with Crippen LogP contribution in [0.15, 0.2) is 109 Å². The van der Waals surface area contributed by atoms with E-state index in [1.165, 1.54) is 6.07 Å². The van der Waals surface area contributed by atoms with E-state index in [9.17, 15) is 10.1 Å². The third-order valence-corrected chi connectivity index (χ3v) is 15.5. The van der Waals surface area contributed by atoms with Gasteiger partial charge in [-0.2, -0.15) is 0 Å². The molecule has 4 rings (SSSR count). The first-order valence-electron chi connectivity index (χ1n) is 9.76. The van der Waals surface area contributed by atoms with E-state index in [1.807, 2.05) is 54.6 Å². The number of hydrogen-bond donors (Lipinski definition) is 0. The molecule has 0 fully saturated rings. The van der Waals surface area contributed by atoms with Crippen molar-refractivity contribution in [2.75, 3.05) is 0 Å². The molecule has 6 heteroatoms. The fourth-order valence-corrected chi connectivity index (χ4v) is 12.0. The number of halogens is 2. The number of hydrogen-bond acceptors (Lipinski definition) is 2. The zero-order valence-corrected chi connectivity index (χ0v) is 19.8. The topological polar surface area (TPSA) is 43.1 Å². The predicted molar refractivity (Wildman–Crippen MR) is 136 cm³/mol. The molecule has 0 aliphatic rings. The predicted octanol–water partition coefficient (Wildman–Crippen LogP) is 6.59. The molecule has 0 bridgehead atoms. The van der Waals surface area contributed by atoms with Gasteiger partial charge in [0.2, 0.25) is 0 Å². The monoisotopic (exact) mass is 511 g/mol. The van der Waals surface area contributed by atoms with Gasteiger partial charge in [-0.1, -0.05) is 0 Å². The Morgan fingerprint density at radius 3 is 1.55 bits per heavy atom.